The number of benzene rings is 1. The third-order valence-corrected chi connectivity index (χ3v) is 2.50. The highest BCUT2D eigenvalue weighted by Gasteiger charge is 2.00. The van der Waals surface area contributed by atoms with Crippen LogP contribution in [0.5, 0.6) is 5.75 Å². The molecule has 0 fully saturated rings. The van der Waals surface area contributed by atoms with Crippen LogP contribution in [0.1, 0.15) is 6.92 Å². The van der Waals surface area contributed by atoms with Crippen LogP contribution in [0.2, 0.25) is 5.02 Å². The van der Waals surface area contributed by atoms with E-state index in [0.717, 1.165) is 6.08 Å². The van der Waals surface area contributed by atoms with Gasteiger partial charge in [0.05, 0.1) is 6.61 Å². The summed E-state index contributed by atoms with van der Waals surface area (Å²) in [7, 11) is 0. The number of esters is 2. The standard InChI is InChI=1S/C11H11ClO3.C6H10O3/c1-2-11(13)15-8-7-14-10-5-3-9(12)4-6-10;1-5(2)6(8)9-4-3-7/h2-6H,1,7-8H2;7H,1,3-4H2,2H3. The second kappa shape index (κ2) is 13.2. The van der Waals surface area contributed by atoms with Gasteiger partial charge in [0.2, 0.25) is 0 Å². The lowest BCUT2D eigenvalue weighted by Gasteiger charge is -2.05. The molecule has 1 N–H and O–H groups in total. The number of rotatable bonds is 8. The maximum Gasteiger partial charge on any atom is 0.333 e. The Kier molecular flexibility index (Phi) is 11.9. The van der Waals surface area contributed by atoms with Crippen molar-refractivity contribution >= 4 is 23.5 Å². The van der Waals surface area contributed by atoms with Gasteiger partial charge in [-0.2, -0.15) is 0 Å². The first-order valence-electron chi connectivity index (χ1n) is 7.01. The number of aliphatic hydroxyl groups excluding tert-OH is 1. The van der Waals surface area contributed by atoms with Crippen molar-refractivity contribution in [3.05, 3.63) is 54.1 Å². The van der Waals surface area contributed by atoms with Crippen molar-refractivity contribution in [1.82, 2.24) is 0 Å². The summed E-state index contributed by atoms with van der Waals surface area (Å²) >= 11 is 5.70. The molecule has 0 bridgehead atoms. The van der Waals surface area contributed by atoms with Crippen molar-refractivity contribution in [1.29, 1.82) is 0 Å². The molecule has 0 atom stereocenters. The van der Waals surface area contributed by atoms with E-state index in [4.69, 9.17) is 26.2 Å². The molecule has 0 amide bonds. The molecular formula is C17H21ClO6. The van der Waals surface area contributed by atoms with Gasteiger partial charge in [0.1, 0.15) is 25.6 Å². The Balaban J connectivity index is 0.000000506. The van der Waals surface area contributed by atoms with Crippen LogP contribution in [0.4, 0.5) is 0 Å². The Morgan fingerprint density at radius 2 is 1.79 bits per heavy atom. The topological polar surface area (TPSA) is 82.1 Å². The molecule has 0 heterocycles. The number of aliphatic hydroxyl groups is 1. The summed E-state index contributed by atoms with van der Waals surface area (Å²) in [6, 6.07) is 6.95. The van der Waals surface area contributed by atoms with Gasteiger partial charge in [-0.3, -0.25) is 0 Å². The minimum absolute atomic E-state index is 0.0473. The van der Waals surface area contributed by atoms with E-state index in [1.165, 1.54) is 0 Å². The van der Waals surface area contributed by atoms with Crippen LogP contribution in [0.25, 0.3) is 0 Å². The highest BCUT2D eigenvalue weighted by molar-refractivity contribution is 6.30. The lowest BCUT2D eigenvalue weighted by Crippen LogP contribution is -2.09. The zero-order valence-electron chi connectivity index (χ0n) is 13.5. The van der Waals surface area contributed by atoms with Crippen LogP contribution in [-0.4, -0.2) is 43.5 Å². The molecule has 0 saturated heterocycles. The average molecular weight is 357 g/mol. The van der Waals surface area contributed by atoms with Crippen LogP contribution < -0.4 is 4.74 Å². The predicted octanol–water partition coefficient (Wildman–Crippen LogP) is 2.55. The third kappa shape index (κ3) is 11.3. The molecule has 0 aliphatic rings. The van der Waals surface area contributed by atoms with Crippen molar-refractivity contribution < 1.29 is 28.9 Å². The number of hydrogen-bond donors (Lipinski definition) is 1. The van der Waals surface area contributed by atoms with Gasteiger partial charge in [0.25, 0.3) is 0 Å². The van der Waals surface area contributed by atoms with Crippen LogP contribution in [0.3, 0.4) is 0 Å². The van der Waals surface area contributed by atoms with Gasteiger partial charge in [0, 0.05) is 16.7 Å². The van der Waals surface area contributed by atoms with Crippen LogP contribution in [0, 0.1) is 0 Å². The van der Waals surface area contributed by atoms with Gasteiger partial charge in [-0.1, -0.05) is 24.8 Å². The van der Waals surface area contributed by atoms with E-state index in [0.29, 0.717) is 23.0 Å². The number of carbonyl (C=O) groups is 2. The Labute approximate surface area is 146 Å². The predicted molar refractivity (Wildman–Crippen MR) is 91.0 cm³/mol. The van der Waals surface area contributed by atoms with Gasteiger partial charge >= 0.3 is 11.9 Å². The molecule has 0 unspecified atom stereocenters. The molecule has 1 aromatic carbocycles. The first kappa shape index (κ1) is 21.7. The smallest absolute Gasteiger partial charge is 0.333 e. The van der Waals surface area contributed by atoms with Gasteiger partial charge in [-0.15, -0.1) is 0 Å². The Bertz CT molecular complexity index is 539. The number of halogens is 1. The van der Waals surface area contributed by atoms with Gasteiger partial charge in [-0.25, -0.2) is 9.59 Å². The summed E-state index contributed by atoms with van der Waals surface area (Å²) in [4.78, 5) is 21.1. The number of carbonyl (C=O) groups excluding carboxylic acids is 2. The maximum absolute atomic E-state index is 10.7. The molecule has 0 spiro atoms. The largest absolute Gasteiger partial charge is 0.490 e. The lowest BCUT2D eigenvalue weighted by atomic mass is 10.3. The second-order valence-electron chi connectivity index (χ2n) is 4.31. The molecule has 1 rings (SSSR count). The van der Waals surface area contributed by atoms with E-state index < -0.39 is 11.9 Å². The molecule has 0 aromatic heterocycles. The summed E-state index contributed by atoms with van der Waals surface area (Å²) in [6.45, 7) is 8.60. The van der Waals surface area contributed by atoms with E-state index in [1.54, 1.807) is 31.2 Å². The molecular weight excluding hydrogens is 336 g/mol. The lowest BCUT2D eigenvalue weighted by molar-refractivity contribution is -0.140. The number of ether oxygens (including phenoxy) is 3. The molecule has 7 heteroatoms. The normalized spacial score (nSPS) is 9.12. The van der Waals surface area contributed by atoms with Crippen molar-refractivity contribution in [2.24, 2.45) is 0 Å². The monoisotopic (exact) mass is 356 g/mol. The number of hydrogen-bond acceptors (Lipinski definition) is 6. The van der Waals surface area contributed by atoms with Crippen molar-refractivity contribution in [3.63, 3.8) is 0 Å². The molecule has 0 aliphatic heterocycles. The first-order chi connectivity index (χ1) is 11.4. The molecule has 0 saturated carbocycles. The Morgan fingerprint density at radius 3 is 2.29 bits per heavy atom. The van der Waals surface area contributed by atoms with Crippen LogP contribution in [0.15, 0.2) is 49.1 Å². The van der Waals surface area contributed by atoms with Gasteiger partial charge < -0.3 is 19.3 Å². The van der Waals surface area contributed by atoms with Crippen molar-refractivity contribution in [2.75, 3.05) is 26.4 Å². The fourth-order valence-electron chi connectivity index (χ4n) is 1.15. The highest BCUT2D eigenvalue weighted by Crippen LogP contribution is 2.15. The van der Waals surface area contributed by atoms with E-state index in [9.17, 15) is 9.59 Å². The Hall–Kier alpha value is -2.31. The summed E-state index contributed by atoms with van der Waals surface area (Å²) in [5, 5.41) is 8.84. The minimum Gasteiger partial charge on any atom is -0.490 e. The molecule has 132 valence electrons. The fourth-order valence-corrected chi connectivity index (χ4v) is 1.28. The third-order valence-electron chi connectivity index (χ3n) is 2.25. The van der Waals surface area contributed by atoms with E-state index in [2.05, 4.69) is 17.9 Å². The zero-order chi connectivity index (χ0) is 18.4. The summed E-state index contributed by atoms with van der Waals surface area (Å²) in [6.07, 6.45) is 1.11. The van der Waals surface area contributed by atoms with Crippen molar-refractivity contribution in [3.8, 4) is 5.75 Å². The summed E-state index contributed by atoms with van der Waals surface area (Å²) < 4.78 is 14.5. The molecule has 24 heavy (non-hydrogen) atoms. The average Bonchev–Trinajstić information content (AvgIpc) is 2.58. The minimum atomic E-state index is -0.455. The Morgan fingerprint density at radius 1 is 1.17 bits per heavy atom. The van der Waals surface area contributed by atoms with Crippen molar-refractivity contribution in [2.45, 2.75) is 6.92 Å². The second-order valence-corrected chi connectivity index (χ2v) is 4.75. The molecule has 1 aromatic rings. The van der Waals surface area contributed by atoms with Gasteiger partial charge in [0.15, 0.2) is 0 Å². The maximum atomic E-state index is 10.7. The SMILES string of the molecule is C=C(C)C(=O)OCCO.C=CC(=O)OCCOc1ccc(Cl)cc1. The van der Waals surface area contributed by atoms with Crippen LogP contribution >= 0.6 is 11.6 Å². The molecule has 0 aliphatic carbocycles. The summed E-state index contributed by atoms with van der Waals surface area (Å²) in [5.41, 5.74) is 0.350. The quantitative estimate of drug-likeness (QED) is 0.438. The van der Waals surface area contributed by atoms with E-state index in [1.807, 2.05) is 0 Å². The molecule has 6 nitrogen and oxygen atoms in total. The molecule has 0 radical (unpaired) electrons. The van der Waals surface area contributed by atoms with E-state index >= 15 is 0 Å². The first-order valence-corrected chi connectivity index (χ1v) is 7.39. The fraction of sp³-hybridized carbons (Fsp3) is 0.294. The zero-order valence-corrected chi connectivity index (χ0v) is 14.3. The van der Waals surface area contributed by atoms with Crippen LogP contribution in [-0.2, 0) is 19.1 Å². The highest BCUT2D eigenvalue weighted by atomic mass is 35.5. The van der Waals surface area contributed by atoms with Gasteiger partial charge in [-0.05, 0) is 31.2 Å². The summed E-state index contributed by atoms with van der Waals surface area (Å²) in [5.74, 6) is -0.215. The van der Waals surface area contributed by atoms with E-state index in [-0.39, 0.29) is 19.8 Å².